The van der Waals surface area contributed by atoms with E-state index in [0.29, 0.717) is 0 Å². The van der Waals surface area contributed by atoms with E-state index in [2.05, 4.69) is 9.71 Å². The van der Waals surface area contributed by atoms with Crippen molar-refractivity contribution in [1.82, 2.24) is 9.71 Å². The molecule has 0 bridgehead atoms. The summed E-state index contributed by atoms with van der Waals surface area (Å²) in [6, 6.07) is 17.0. The third-order valence-electron chi connectivity index (χ3n) is 3.75. The average Bonchev–Trinajstić information content (AvgIpc) is 2.59. The molecule has 0 radical (unpaired) electrons. The van der Waals surface area contributed by atoms with Gasteiger partial charge in [0.2, 0.25) is 0 Å². The SMILES string of the molecule is Cc1ccc(S(=O)(=O)NC[C@H](Cl)c2ccc3ccccc3c2)nc1. The van der Waals surface area contributed by atoms with Crippen LogP contribution < -0.4 is 4.72 Å². The Morgan fingerprint density at radius 3 is 2.54 bits per heavy atom. The van der Waals surface area contributed by atoms with Gasteiger partial charge in [-0.1, -0.05) is 42.5 Å². The Kier molecular flexibility index (Phi) is 4.85. The molecule has 1 heterocycles. The Morgan fingerprint density at radius 2 is 1.83 bits per heavy atom. The van der Waals surface area contributed by atoms with E-state index in [4.69, 9.17) is 11.6 Å². The van der Waals surface area contributed by atoms with E-state index in [9.17, 15) is 8.42 Å². The molecule has 0 aliphatic carbocycles. The van der Waals surface area contributed by atoms with Gasteiger partial charge in [0.25, 0.3) is 10.0 Å². The molecule has 0 aliphatic rings. The molecule has 0 amide bonds. The van der Waals surface area contributed by atoms with Crippen molar-refractivity contribution in [3.63, 3.8) is 0 Å². The van der Waals surface area contributed by atoms with E-state index in [1.165, 1.54) is 12.3 Å². The molecule has 3 aromatic rings. The molecule has 3 rings (SSSR count). The lowest BCUT2D eigenvalue weighted by Crippen LogP contribution is -2.27. The summed E-state index contributed by atoms with van der Waals surface area (Å²) in [5.41, 5.74) is 1.77. The lowest BCUT2D eigenvalue weighted by Gasteiger charge is -2.12. The Labute approximate surface area is 146 Å². The van der Waals surface area contributed by atoms with Gasteiger partial charge in [-0.3, -0.25) is 0 Å². The summed E-state index contributed by atoms with van der Waals surface area (Å²) >= 11 is 6.38. The number of aromatic nitrogens is 1. The Balaban J connectivity index is 1.74. The number of fused-ring (bicyclic) bond motifs is 1. The number of nitrogens with one attached hydrogen (secondary N) is 1. The first-order chi connectivity index (χ1) is 11.5. The molecule has 0 unspecified atom stereocenters. The largest absolute Gasteiger partial charge is 0.258 e. The van der Waals surface area contributed by atoms with Gasteiger partial charge in [-0.25, -0.2) is 18.1 Å². The van der Waals surface area contributed by atoms with Crippen LogP contribution in [-0.2, 0) is 10.0 Å². The van der Waals surface area contributed by atoms with Crippen LogP contribution in [0.2, 0.25) is 0 Å². The van der Waals surface area contributed by atoms with Crippen molar-refractivity contribution < 1.29 is 8.42 Å². The first-order valence-electron chi connectivity index (χ1n) is 7.51. The molecule has 0 fully saturated rings. The maximum atomic E-state index is 12.3. The molecule has 124 valence electrons. The molecule has 4 nitrogen and oxygen atoms in total. The zero-order valence-corrected chi connectivity index (χ0v) is 14.7. The predicted octanol–water partition coefficient (Wildman–Crippen LogP) is 3.80. The number of nitrogens with zero attached hydrogens (tertiary/aromatic N) is 1. The highest BCUT2D eigenvalue weighted by molar-refractivity contribution is 7.89. The van der Waals surface area contributed by atoms with Crippen molar-refractivity contribution >= 4 is 32.4 Å². The average molecular weight is 361 g/mol. The van der Waals surface area contributed by atoms with Gasteiger partial charge in [0.15, 0.2) is 5.03 Å². The lowest BCUT2D eigenvalue weighted by atomic mass is 10.1. The summed E-state index contributed by atoms with van der Waals surface area (Å²) in [5.74, 6) is 0. The number of halogens is 1. The number of aryl methyl sites for hydroxylation is 1. The molecule has 24 heavy (non-hydrogen) atoms. The molecule has 1 aromatic heterocycles. The second kappa shape index (κ2) is 6.89. The fraction of sp³-hybridized carbons (Fsp3) is 0.167. The predicted molar refractivity (Wildman–Crippen MR) is 96.7 cm³/mol. The van der Waals surface area contributed by atoms with Gasteiger partial charge in [-0.15, -0.1) is 11.6 Å². The minimum atomic E-state index is -3.67. The number of hydrogen-bond donors (Lipinski definition) is 1. The summed E-state index contributed by atoms with van der Waals surface area (Å²) in [6.07, 6.45) is 1.52. The maximum Gasteiger partial charge on any atom is 0.258 e. The van der Waals surface area contributed by atoms with E-state index in [-0.39, 0.29) is 11.6 Å². The molecule has 6 heteroatoms. The van der Waals surface area contributed by atoms with Crippen LogP contribution >= 0.6 is 11.6 Å². The first kappa shape index (κ1) is 16.9. The summed E-state index contributed by atoms with van der Waals surface area (Å²) in [7, 11) is -3.67. The van der Waals surface area contributed by atoms with Crippen molar-refractivity contribution in [2.45, 2.75) is 17.3 Å². The Hall–Kier alpha value is -1.95. The van der Waals surface area contributed by atoms with Crippen molar-refractivity contribution in [2.24, 2.45) is 0 Å². The number of hydrogen-bond acceptors (Lipinski definition) is 3. The number of rotatable bonds is 5. The van der Waals surface area contributed by atoms with Crippen molar-refractivity contribution in [1.29, 1.82) is 0 Å². The smallest absolute Gasteiger partial charge is 0.243 e. The van der Waals surface area contributed by atoms with Crippen LogP contribution in [0.25, 0.3) is 10.8 Å². The molecule has 2 aromatic carbocycles. The molecule has 0 saturated heterocycles. The third kappa shape index (κ3) is 3.75. The molecule has 1 atom stereocenters. The molecule has 0 saturated carbocycles. The maximum absolute atomic E-state index is 12.3. The van der Waals surface area contributed by atoms with E-state index in [1.807, 2.05) is 49.4 Å². The summed E-state index contributed by atoms with van der Waals surface area (Å²) < 4.78 is 27.0. The standard InChI is InChI=1S/C18H17ClN2O2S/c1-13-6-9-18(20-11-13)24(22,23)21-12-17(19)16-8-7-14-4-2-3-5-15(14)10-16/h2-11,17,21H,12H2,1H3/t17-/m0/s1. The Morgan fingerprint density at radius 1 is 1.08 bits per heavy atom. The van der Waals surface area contributed by atoms with E-state index < -0.39 is 15.4 Å². The highest BCUT2D eigenvalue weighted by atomic mass is 35.5. The second-order valence-corrected chi connectivity index (χ2v) is 7.84. The van der Waals surface area contributed by atoms with Crippen LogP contribution in [0.5, 0.6) is 0 Å². The lowest BCUT2D eigenvalue weighted by molar-refractivity contribution is 0.577. The van der Waals surface area contributed by atoms with E-state index >= 15 is 0 Å². The normalized spacial score (nSPS) is 13.1. The number of pyridine rings is 1. The Bertz CT molecular complexity index is 956. The van der Waals surface area contributed by atoms with Crippen LogP contribution in [0.15, 0.2) is 65.8 Å². The van der Waals surface area contributed by atoms with E-state index in [1.54, 1.807) is 6.07 Å². The number of sulfonamides is 1. The van der Waals surface area contributed by atoms with Crippen LogP contribution in [0.1, 0.15) is 16.5 Å². The highest BCUT2D eigenvalue weighted by Crippen LogP contribution is 2.24. The summed E-state index contributed by atoms with van der Waals surface area (Å²) in [6.45, 7) is 1.95. The van der Waals surface area contributed by atoms with Gasteiger partial charge < -0.3 is 0 Å². The number of alkyl halides is 1. The molecule has 1 N–H and O–H groups in total. The van der Waals surface area contributed by atoms with Gasteiger partial charge in [0.05, 0.1) is 5.38 Å². The minimum absolute atomic E-state index is 0.00419. The first-order valence-corrected chi connectivity index (χ1v) is 9.43. The zero-order valence-electron chi connectivity index (χ0n) is 13.1. The fourth-order valence-corrected chi connectivity index (χ4v) is 3.67. The van der Waals surface area contributed by atoms with Crippen LogP contribution in [0.3, 0.4) is 0 Å². The highest BCUT2D eigenvalue weighted by Gasteiger charge is 2.18. The number of benzene rings is 2. The fourth-order valence-electron chi connectivity index (χ4n) is 2.39. The monoisotopic (exact) mass is 360 g/mol. The van der Waals surface area contributed by atoms with Crippen LogP contribution in [0.4, 0.5) is 0 Å². The quantitative estimate of drug-likeness (QED) is 0.704. The van der Waals surface area contributed by atoms with E-state index in [0.717, 1.165) is 21.9 Å². The van der Waals surface area contributed by atoms with Gasteiger partial charge in [0, 0.05) is 12.7 Å². The molecule has 0 spiro atoms. The minimum Gasteiger partial charge on any atom is -0.243 e. The molecular weight excluding hydrogens is 344 g/mol. The van der Waals surface area contributed by atoms with Crippen molar-refractivity contribution in [3.8, 4) is 0 Å². The summed E-state index contributed by atoms with van der Waals surface area (Å²) in [5, 5.41) is 1.73. The van der Waals surface area contributed by atoms with Crippen molar-refractivity contribution in [2.75, 3.05) is 6.54 Å². The van der Waals surface area contributed by atoms with Gasteiger partial charge in [-0.05, 0) is 41.0 Å². The van der Waals surface area contributed by atoms with Gasteiger partial charge in [-0.2, -0.15) is 0 Å². The second-order valence-electron chi connectivity index (χ2n) is 5.60. The van der Waals surface area contributed by atoms with Gasteiger partial charge in [0.1, 0.15) is 0 Å². The molecule has 0 aliphatic heterocycles. The zero-order chi connectivity index (χ0) is 17.2. The van der Waals surface area contributed by atoms with Crippen LogP contribution in [-0.4, -0.2) is 19.9 Å². The van der Waals surface area contributed by atoms with Crippen LogP contribution in [0, 0.1) is 6.92 Å². The van der Waals surface area contributed by atoms with Gasteiger partial charge >= 0.3 is 0 Å². The van der Waals surface area contributed by atoms with Crippen molar-refractivity contribution in [3.05, 3.63) is 71.9 Å². The summed E-state index contributed by atoms with van der Waals surface area (Å²) in [4.78, 5) is 3.95. The molecular formula is C18H17ClN2O2S. The topological polar surface area (TPSA) is 59.1 Å². The third-order valence-corrected chi connectivity index (χ3v) is 5.49.